The van der Waals surface area contributed by atoms with Crippen molar-refractivity contribution in [3.8, 4) is 11.5 Å². The van der Waals surface area contributed by atoms with E-state index in [2.05, 4.69) is 11.1 Å². The summed E-state index contributed by atoms with van der Waals surface area (Å²) in [6.07, 6.45) is 0.623. The van der Waals surface area contributed by atoms with Crippen LogP contribution < -0.4 is 9.47 Å². The number of ether oxygens (including phenoxy) is 2. The van der Waals surface area contributed by atoms with Crippen molar-refractivity contribution < 1.29 is 23.0 Å². The van der Waals surface area contributed by atoms with Crippen molar-refractivity contribution in [3.63, 3.8) is 0 Å². The molecule has 4 aromatic rings. The Morgan fingerprint density at radius 2 is 1.82 bits per heavy atom. The van der Waals surface area contributed by atoms with Crippen LogP contribution in [0.2, 0.25) is 0 Å². The number of halogens is 2. The van der Waals surface area contributed by atoms with Gasteiger partial charge in [-0.3, -0.25) is 4.79 Å². The van der Waals surface area contributed by atoms with Gasteiger partial charge in [-0.1, -0.05) is 30.3 Å². The molecule has 0 radical (unpaired) electrons. The van der Waals surface area contributed by atoms with Gasteiger partial charge < -0.3 is 19.4 Å². The molecular weight excluding hydrogens is 426 g/mol. The van der Waals surface area contributed by atoms with Crippen LogP contribution in [-0.2, 0) is 6.42 Å². The minimum Gasteiger partial charge on any atom is -0.493 e. The van der Waals surface area contributed by atoms with E-state index in [9.17, 15) is 13.6 Å². The maximum atomic E-state index is 13.9. The van der Waals surface area contributed by atoms with E-state index in [0.29, 0.717) is 24.5 Å². The summed E-state index contributed by atoms with van der Waals surface area (Å²) in [7, 11) is 3.11. The van der Waals surface area contributed by atoms with Gasteiger partial charge in [-0.15, -0.1) is 0 Å². The number of carbonyl (C=O) groups excluding carboxylic acids is 1. The van der Waals surface area contributed by atoms with E-state index < -0.39 is 23.6 Å². The fraction of sp³-hybridized carbons (Fsp3) is 0.192. The summed E-state index contributed by atoms with van der Waals surface area (Å²) in [4.78, 5) is 18.7. The lowest BCUT2D eigenvalue weighted by Crippen LogP contribution is -2.40. The molecule has 3 aromatic carbocycles. The molecule has 33 heavy (non-hydrogen) atoms. The van der Waals surface area contributed by atoms with Crippen LogP contribution in [0.1, 0.15) is 33.2 Å². The van der Waals surface area contributed by atoms with Crippen LogP contribution >= 0.6 is 0 Å². The number of aromatic nitrogens is 1. The Hall–Kier alpha value is -3.87. The van der Waals surface area contributed by atoms with Gasteiger partial charge in [-0.2, -0.15) is 0 Å². The molecule has 0 saturated carbocycles. The van der Waals surface area contributed by atoms with E-state index in [-0.39, 0.29) is 5.56 Å². The number of benzene rings is 3. The third-order valence-electron chi connectivity index (χ3n) is 6.19. The smallest absolute Gasteiger partial charge is 0.254 e. The second-order valence-corrected chi connectivity index (χ2v) is 7.93. The van der Waals surface area contributed by atoms with Crippen LogP contribution in [0.3, 0.4) is 0 Å². The summed E-state index contributed by atoms with van der Waals surface area (Å²) < 4.78 is 38.6. The first-order valence-corrected chi connectivity index (χ1v) is 10.6. The number of H-pyrrole nitrogens is 1. The number of methoxy groups -OCH3 is 2. The molecule has 0 saturated heterocycles. The molecule has 0 fully saturated rings. The molecule has 0 aliphatic carbocycles. The number of hydrogen-bond acceptors (Lipinski definition) is 3. The van der Waals surface area contributed by atoms with E-state index >= 15 is 0 Å². The number of para-hydroxylation sites is 2. The lowest BCUT2D eigenvalue weighted by molar-refractivity contribution is 0.0689. The first-order valence-electron chi connectivity index (χ1n) is 10.6. The summed E-state index contributed by atoms with van der Waals surface area (Å²) >= 11 is 0. The molecule has 0 unspecified atom stereocenters. The SMILES string of the molecule is COc1cccc([C@@H]2c3[nH]c4ccccc4c3CCN2C(=O)c2ccc(F)c(F)c2)c1OC. The zero-order valence-corrected chi connectivity index (χ0v) is 18.2. The Labute approximate surface area is 189 Å². The quantitative estimate of drug-likeness (QED) is 0.464. The topological polar surface area (TPSA) is 54.6 Å². The highest BCUT2D eigenvalue weighted by Gasteiger charge is 2.37. The highest BCUT2D eigenvalue weighted by molar-refractivity contribution is 5.95. The van der Waals surface area contributed by atoms with Crippen LogP contribution in [0.5, 0.6) is 11.5 Å². The molecule has 5 nitrogen and oxygen atoms in total. The van der Waals surface area contributed by atoms with Crippen LogP contribution in [0.15, 0.2) is 60.7 Å². The van der Waals surface area contributed by atoms with E-state index in [1.54, 1.807) is 25.2 Å². The molecule has 0 spiro atoms. The van der Waals surface area contributed by atoms with Crippen molar-refractivity contribution >= 4 is 16.8 Å². The van der Waals surface area contributed by atoms with Crippen molar-refractivity contribution in [3.05, 3.63) is 94.7 Å². The van der Waals surface area contributed by atoms with E-state index in [4.69, 9.17) is 9.47 Å². The first-order chi connectivity index (χ1) is 16.0. The van der Waals surface area contributed by atoms with Gasteiger partial charge in [0.1, 0.15) is 6.04 Å². The summed E-state index contributed by atoms with van der Waals surface area (Å²) in [5.74, 6) is -1.39. The Morgan fingerprint density at radius 1 is 1.00 bits per heavy atom. The normalized spacial score (nSPS) is 15.4. The molecule has 1 aromatic heterocycles. The number of rotatable bonds is 4. The number of nitrogens with zero attached hydrogens (tertiary/aromatic N) is 1. The van der Waals surface area contributed by atoms with Gasteiger partial charge in [0.15, 0.2) is 23.1 Å². The maximum Gasteiger partial charge on any atom is 0.254 e. The third kappa shape index (κ3) is 3.40. The lowest BCUT2D eigenvalue weighted by atomic mass is 9.91. The largest absolute Gasteiger partial charge is 0.493 e. The van der Waals surface area contributed by atoms with Gasteiger partial charge in [-0.25, -0.2) is 8.78 Å². The van der Waals surface area contributed by atoms with Crippen molar-refractivity contribution in [2.24, 2.45) is 0 Å². The standard InChI is InChI=1S/C26H22F2N2O3/c1-32-22-9-5-7-18(25(22)33-2)24-23-17(16-6-3-4-8-21(16)29-23)12-13-30(24)26(31)15-10-11-19(27)20(28)14-15/h3-11,14,24,29H,12-13H2,1-2H3/t24-/m1/s1. The van der Waals surface area contributed by atoms with E-state index in [1.165, 1.54) is 6.07 Å². The molecule has 1 amide bonds. The minimum atomic E-state index is -1.06. The number of aromatic amines is 1. The summed E-state index contributed by atoms with van der Waals surface area (Å²) in [6.45, 7) is 0.401. The molecule has 168 valence electrons. The van der Waals surface area contributed by atoms with Crippen LogP contribution in [0, 0.1) is 11.6 Å². The van der Waals surface area contributed by atoms with Crippen molar-refractivity contribution in [1.82, 2.24) is 9.88 Å². The number of carbonyl (C=O) groups is 1. The van der Waals surface area contributed by atoms with E-state index in [1.807, 2.05) is 30.3 Å². The molecule has 2 heterocycles. The van der Waals surface area contributed by atoms with Crippen LogP contribution in [-0.4, -0.2) is 36.6 Å². The van der Waals surface area contributed by atoms with Crippen molar-refractivity contribution in [1.29, 1.82) is 0 Å². The second kappa shape index (κ2) is 8.24. The Kier molecular flexibility index (Phi) is 5.24. The lowest BCUT2D eigenvalue weighted by Gasteiger charge is -2.37. The van der Waals surface area contributed by atoms with E-state index in [0.717, 1.165) is 39.9 Å². The highest BCUT2D eigenvalue weighted by atomic mass is 19.2. The summed E-state index contributed by atoms with van der Waals surface area (Å²) in [5.41, 5.74) is 3.77. The molecule has 1 atom stereocenters. The predicted molar refractivity (Wildman–Crippen MR) is 121 cm³/mol. The predicted octanol–water partition coefficient (Wildman–Crippen LogP) is 5.25. The monoisotopic (exact) mass is 448 g/mol. The zero-order valence-electron chi connectivity index (χ0n) is 18.2. The van der Waals surface area contributed by atoms with Crippen LogP contribution in [0.4, 0.5) is 8.78 Å². The molecule has 0 bridgehead atoms. The van der Waals surface area contributed by atoms with Crippen molar-refractivity contribution in [2.45, 2.75) is 12.5 Å². The number of nitrogens with one attached hydrogen (secondary N) is 1. The molecule has 1 aliphatic rings. The van der Waals surface area contributed by atoms with Crippen LogP contribution in [0.25, 0.3) is 10.9 Å². The zero-order chi connectivity index (χ0) is 23.1. The number of fused-ring (bicyclic) bond motifs is 3. The Balaban J connectivity index is 1.71. The fourth-order valence-corrected chi connectivity index (χ4v) is 4.71. The van der Waals surface area contributed by atoms with Gasteiger partial charge in [0, 0.05) is 34.3 Å². The Morgan fingerprint density at radius 3 is 2.58 bits per heavy atom. The van der Waals surface area contributed by atoms with Gasteiger partial charge in [-0.05, 0) is 42.3 Å². The average Bonchev–Trinajstić information content (AvgIpc) is 3.22. The maximum absolute atomic E-state index is 13.9. The number of amides is 1. The van der Waals surface area contributed by atoms with Gasteiger partial charge >= 0.3 is 0 Å². The Bertz CT molecular complexity index is 1370. The van der Waals surface area contributed by atoms with Gasteiger partial charge in [0.2, 0.25) is 0 Å². The molecule has 1 N–H and O–H groups in total. The first kappa shape index (κ1) is 21.0. The van der Waals surface area contributed by atoms with Crippen molar-refractivity contribution in [2.75, 3.05) is 20.8 Å². The molecule has 5 rings (SSSR count). The molecular formula is C26H22F2N2O3. The molecule has 1 aliphatic heterocycles. The molecule has 7 heteroatoms. The summed E-state index contributed by atoms with van der Waals surface area (Å²) in [6, 6.07) is 16.2. The fourth-order valence-electron chi connectivity index (χ4n) is 4.71. The third-order valence-corrected chi connectivity index (χ3v) is 6.19. The van der Waals surface area contributed by atoms with Gasteiger partial charge in [0.05, 0.1) is 14.2 Å². The average molecular weight is 448 g/mol. The number of hydrogen-bond donors (Lipinski definition) is 1. The summed E-state index contributed by atoms with van der Waals surface area (Å²) in [5, 5.41) is 1.10. The highest BCUT2D eigenvalue weighted by Crippen LogP contribution is 2.44. The minimum absolute atomic E-state index is 0.0836. The van der Waals surface area contributed by atoms with Gasteiger partial charge in [0.25, 0.3) is 5.91 Å². The second-order valence-electron chi connectivity index (χ2n) is 7.93.